The van der Waals surface area contributed by atoms with Crippen LogP contribution in [0.2, 0.25) is 0 Å². The van der Waals surface area contributed by atoms with Crippen LogP contribution in [0.1, 0.15) is 38.8 Å². The molecule has 0 saturated heterocycles. The molecule has 1 aliphatic heterocycles. The third-order valence-electron chi connectivity index (χ3n) is 4.79. The maximum Gasteiger partial charge on any atom is 0.573 e. The molecule has 0 aromatic heterocycles. The van der Waals surface area contributed by atoms with Crippen molar-refractivity contribution in [2.75, 3.05) is 6.54 Å². The zero-order valence-electron chi connectivity index (χ0n) is 18.6. The summed E-state index contributed by atoms with van der Waals surface area (Å²) in [5, 5.41) is 0. The fourth-order valence-corrected chi connectivity index (χ4v) is 5.45. The summed E-state index contributed by atoms with van der Waals surface area (Å²) in [6.07, 6.45) is -1.22. The molecule has 0 bridgehead atoms. The first kappa shape index (κ1) is 25.6. The Labute approximate surface area is 200 Å². The maximum atomic E-state index is 13.5. The van der Waals surface area contributed by atoms with Gasteiger partial charge in [0.15, 0.2) is 5.75 Å². The number of sulfonamides is 1. The Morgan fingerprint density at radius 3 is 2.48 bits per heavy atom. The molecule has 10 heteroatoms. The number of hydrogen-bond donors (Lipinski definition) is 0. The number of alkyl halides is 3. The second-order valence-corrected chi connectivity index (χ2v) is 11.6. The Morgan fingerprint density at radius 2 is 1.85 bits per heavy atom. The van der Waals surface area contributed by atoms with Crippen molar-refractivity contribution >= 4 is 32.0 Å². The highest BCUT2D eigenvalue weighted by molar-refractivity contribution is 9.10. The second kappa shape index (κ2) is 9.31. The summed E-state index contributed by atoms with van der Waals surface area (Å²) in [4.78, 5) is -0.549. The lowest BCUT2D eigenvalue weighted by Gasteiger charge is -2.29. The maximum absolute atomic E-state index is 13.5. The van der Waals surface area contributed by atoms with Crippen LogP contribution in [0, 0.1) is 5.92 Å². The first-order chi connectivity index (χ1) is 15.2. The van der Waals surface area contributed by atoms with Gasteiger partial charge in [-0.25, -0.2) is 8.42 Å². The van der Waals surface area contributed by atoms with E-state index in [1.807, 2.05) is 45.9 Å². The van der Waals surface area contributed by atoms with E-state index in [-0.39, 0.29) is 23.5 Å². The van der Waals surface area contributed by atoms with Crippen LogP contribution in [0.4, 0.5) is 13.2 Å². The van der Waals surface area contributed by atoms with Crippen LogP contribution in [-0.4, -0.2) is 31.2 Å². The minimum Gasteiger partial charge on any atom is -0.483 e. The molecule has 180 valence electrons. The van der Waals surface area contributed by atoms with Crippen molar-refractivity contribution in [1.29, 1.82) is 0 Å². The molecule has 0 N–H and O–H groups in total. The Bertz CT molecular complexity index is 1160. The first-order valence-corrected chi connectivity index (χ1v) is 12.5. The molecule has 2 aromatic rings. The van der Waals surface area contributed by atoms with Gasteiger partial charge < -0.3 is 9.47 Å². The summed E-state index contributed by atoms with van der Waals surface area (Å²) in [6.45, 7) is 7.62. The molecule has 0 fully saturated rings. The van der Waals surface area contributed by atoms with E-state index in [1.165, 1.54) is 10.4 Å². The van der Waals surface area contributed by atoms with Crippen LogP contribution < -0.4 is 9.47 Å². The van der Waals surface area contributed by atoms with Gasteiger partial charge in [-0.15, -0.1) is 13.2 Å². The lowest BCUT2D eigenvalue weighted by atomic mass is 10.0. The van der Waals surface area contributed by atoms with E-state index in [2.05, 4.69) is 20.7 Å². The van der Waals surface area contributed by atoms with E-state index < -0.39 is 32.6 Å². The van der Waals surface area contributed by atoms with Gasteiger partial charge in [-0.3, -0.25) is 0 Å². The van der Waals surface area contributed by atoms with Gasteiger partial charge in [0.05, 0.1) is 0 Å². The Hall–Kier alpha value is -2.04. The van der Waals surface area contributed by atoms with Crippen LogP contribution in [0.5, 0.6) is 11.5 Å². The summed E-state index contributed by atoms with van der Waals surface area (Å²) < 4.78 is 77.2. The summed E-state index contributed by atoms with van der Waals surface area (Å²) in [5.41, 5.74) is 1.04. The predicted octanol–water partition coefficient (Wildman–Crippen LogP) is 6.38. The molecule has 0 radical (unpaired) electrons. The standard InChI is InChI=1S/C23H25BrF3NO4S/c1-15(2)13-28(14-16-5-7-19-17(11-16)9-10-22(3,4)31-19)33(29,30)21-8-6-18(24)12-20(21)32-23(25,26)27/h5-12,15H,13-14H2,1-4H3. The SMILES string of the molecule is CC(C)CN(Cc1ccc2c(c1)C=CC(C)(C)O2)S(=O)(=O)c1ccc(Br)cc1OC(F)(F)F. The fraction of sp³-hybridized carbons (Fsp3) is 0.391. The number of fused-ring (bicyclic) bond motifs is 1. The molecule has 0 aliphatic carbocycles. The zero-order chi connectivity index (χ0) is 24.6. The predicted molar refractivity (Wildman–Crippen MR) is 123 cm³/mol. The van der Waals surface area contributed by atoms with Gasteiger partial charge in [0.2, 0.25) is 10.0 Å². The minimum atomic E-state index is -5.04. The van der Waals surface area contributed by atoms with Crippen molar-refractivity contribution in [1.82, 2.24) is 4.31 Å². The second-order valence-electron chi connectivity index (χ2n) is 8.74. The van der Waals surface area contributed by atoms with E-state index in [1.54, 1.807) is 12.1 Å². The number of benzene rings is 2. The lowest BCUT2D eigenvalue weighted by Crippen LogP contribution is -2.34. The number of ether oxygens (including phenoxy) is 2. The van der Waals surface area contributed by atoms with Crippen molar-refractivity contribution < 1.29 is 31.1 Å². The smallest absolute Gasteiger partial charge is 0.483 e. The first-order valence-electron chi connectivity index (χ1n) is 10.2. The highest BCUT2D eigenvalue weighted by atomic mass is 79.9. The van der Waals surface area contributed by atoms with Crippen molar-refractivity contribution in [3.8, 4) is 11.5 Å². The molecular weight excluding hydrogens is 523 g/mol. The number of nitrogens with zero attached hydrogens (tertiary/aromatic N) is 1. The largest absolute Gasteiger partial charge is 0.573 e. The highest BCUT2D eigenvalue weighted by Crippen LogP contribution is 2.36. The van der Waals surface area contributed by atoms with Crippen LogP contribution in [0.15, 0.2) is 51.8 Å². The summed E-state index contributed by atoms with van der Waals surface area (Å²) in [7, 11) is -4.32. The quantitative estimate of drug-likeness (QED) is 0.403. The number of halogens is 4. The fourth-order valence-electron chi connectivity index (χ4n) is 3.42. The molecule has 5 nitrogen and oxygen atoms in total. The topological polar surface area (TPSA) is 55.8 Å². The molecule has 0 unspecified atom stereocenters. The van der Waals surface area contributed by atoms with Crippen molar-refractivity contribution in [3.63, 3.8) is 0 Å². The number of hydrogen-bond acceptors (Lipinski definition) is 4. The van der Waals surface area contributed by atoms with Gasteiger partial charge in [-0.2, -0.15) is 4.31 Å². The average molecular weight is 548 g/mol. The molecule has 33 heavy (non-hydrogen) atoms. The normalized spacial score (nSPS) is 15.5. The summed E-state index contributed by atoms with van der Waals surface area (Å²) >= 11 is 3.07. The van der Waals surface area contributed by atoms with Gasteiger partial charge in [0.1, 0.15) is 16.2 Å². The third-order valence-corrected chi connectivity index (χ3v) is 7.13. The Balaban J connectivity index is 1.99. The van der Waals surface area contributed by atoms with Crippen LogP contribution >= 0.6 is 15.9 Å². The summed E-state index contributed by atoms with van der Waals surface area (Å²) in [6, 6.07) is 8.82. The van der Waals surface area contributed by atoms with E-state index in [9.17, 15) is 21.6 Å². The van der Waals surface area contributed by atoms with Gasteiger partial charge in [-0.05, 0) is 61.7 Å². The van der Waals surface area contributed by atoms with Gasteiger partial charge in [0.25, 0.3) is 0 Å². The van der Waals surface area contributed by atoms with Gasteiger partial charge in [0, 0.05) is 23.1 Å². The molecule has 0 amide bonds. The van der Waals surface area contributed by atoms with Gasteiger partial charge >= 0.3 is 6.36 Å². The monoisotopic (exact) mass is 547 g/mol. The Morgan fingerprint density at radius 1 is 1.15 bits per heavy atom. The van der Waals surface area contributed by atoms with E-state index >= 15 is 0 Å². The average Bonchev–Trinajstić information content (AvgIpc) is 2.65. The minimum absolute atomic E-state index is 0.0213. The molecule has 2 aromatic carbocycles. The van der Waals surface area contributed by atoms with Crippen LogP contribution in [0.3, 0.4) is 0 Å². The molecule has 0 spiro atoms. The van der Waals surface area contributed by atoms with Crippen molar-refractivity contribution in [2.24, 2.45) is 5.92 Å². The summed E-state index contributed by atoms with van der Waals surface area (Å²) in [5.74, 6) is -0.170. The molecule has 0 atom stereocenters. The third kappa shape index (κ3) is 6.51. The van der Waals surface area contributed by atoms with Crippen LogP contribution in [-0.2, 0) is 16.6 Å². The van der Waals surface area contributed by atoms with Crippen LogP contribution in [0.25, 0.3) is 6.08 Å². The molecule has 1 heterocycles. The molecule has 0 saturated carbocycles. The highest BCUT2D eigenvalue weighted by Gasteiger charge is 2.36. The Kier molecular flexibility index (Phi) is 7.21. The van der Waals surface area contributed by atoms with Crippen molar-refractivity contribution in [2.45, 2.75) is 51.1 Å². The van der Waals surface area contributed by atoms with Gasteiger partial charge in [-0.1, -0.05) is 41.9 Å². The van der Waals surface area contributed by atoms with E-state index in [4.69, 9.17) is 4.74 Å². The zero-order valence-corrected chi connectivity index (χ0v) is 21.0. The molecular formula is C23H25BrF3NO4S. The van der Waals surface area contributed by atoms with E-state index in [0.717, 1.165) is 17.7 Å². The van der Waals surface area contributed by atoms with Crippen molar-refractivity contribution in [3.05, 3.63) is 58.1 Å². The number of rotatable bonds is 7. The molecule has 1 aliphatic rings. The molecule has 3 rings (SSSR count). The van der Waals surface area contributed by atoms with E-state index in [0.29, 0.717) is 11.3 Å². The lowest BCUT2D eigenvalue weighted by molar-refractivity contribution is -0.275.